The average Bonchev–Trinajstić information content (AvgIpc) is 1.72. The van der Waals surface area contributed by atoms with E-state index in [-0.39, 0.29) is 0 Å². The summed E-state index contributed by atoms with van der Waals surface area (Å²) in [6, 6.07) is 0. The summed E-state index contributed by atoms with van der Waals surface area (Å²) < 4.78 is 41.1. The molecular weight excluding hydrogens is 302 g/mol. The van der Waals surface area contributed by atoms with Crippen molar-refractivity contribution in [3.05, 3.63) is 12.2 Å². The second-order valence-electron chi connectivity index (χ2n) is 0.521. The minimum absolute atomic E-state index is 1.16. The van der Waals surface area contributed by atoms with Crippen LogP contribution in [-0.2, 0) is 0 Å². The molecule has 0 fully saturated rings. The predicted octanol–water partition coefficient (Wildman–Crippen LogP) is 1.92. The number of hydrogen-bond donors (Lipinski definition) is 0. The van der Waals surface area contributed by atoms with Crippen molar-refractivity contribution in [3.8, 4) is 0 Å². The van der Waals surface area contributed by atoms with Gasteiger partial charge in [0.25, 0.3) is 0 Å². The Morgan fingerprint density at radius 1 is 0.875 bits per heavy atom. The first kappa shape index (κ1) is 11.5. The molecule has 6 heteroatoms. The van der Waals surface area contributed by atoms with Gasteiger partial charge < -0.3 is 0 Å². The molecule has 0 bridgehead atoms. The SMILES string of the molecule is FC(F)=C(F)F.[Br][SbH2]. The van der Waals surface area contributed by atoms with Gasteiger partial charge in [0.05, 0.1) is 0 Å². The van der Waals surface area contributed by atoms with Crippen molar-refractivity contribution < 1.29 is 17.6 Å². The van der Waals surface area contributed by atoms with Gasteiger partial charge in [0.15, 0.2) is 0 Å². The summed E-state index contributed by atoms with van der Waals surface area (Å²) >= 11 is 4.23. The van der Waals surface area contributed by atoms with Crippen LogP contribution in [0.3, 0.4) is 0 Å². The number of halogens is 5. The third kappa shape index (κ3) is 9.90. The maximum atomic E-state index is 10.3. The molecule has 0 radical (unpaired) electrons. The Bertz CT molecular complexity index is 64.1. The zero-order valence-electron chi connectivity index (χ0n) is 3.47. The molecule has 0 aromatic heterocycles. The third-order valence-corrected chi connectivity index (χ3v) is 0.143. The molecule has 0 saturated carbocycles. The Kier molecular flexibility index (Phi) is 11.2. The third-order valence-electron chi connectivity index (χ3n) is 0.143. The van der Waals surface area contributed by atoms with E-state index in [2.05, 4.69) is 12.6 Å². The molecule has 0 saturated heterocycles. The summed E-state index contributed by atoms with van der Waals surface area (Å²) in [6.07, 6.45) is -5.81. The summed E-state index contributed by atoms with van der Waals surface area (Å²) in [4.78, 5) is 0. The van der Waals surface area contributed by atoms with E-state index in [0.29, 0.717) is 0 Å². The van der Waals surface area contributed by atoms with Gasteiger partial charge in [-0.1, -0.05) is 0 Å². The molecule has 0 amide bonds. The Hall–Kier alpha value is 0.758. The molecule has 0 aromatic carbocycles. The van der Waals surface area contributed by atoms with E-state index in [1.54, 1.807) is 0 Å². The molecule has 8 heavy (non-hydrogen) atoms. The van der Waals surface area contributed by atoms with E-state index >= 15 is 0 Å². The van der Waals surface area contributed by atoms with Gasteiger partial charge in [-0.2, -0.15) is 17.6 Å². The number of rotatable bonds is 0. The van der Waals surface area contributed by atoms with Crippen LogP contribution in [0.25, 0.3) is 0 Å². The van der Waals surface area contributed by atoms with Crippen LogP contribution in [0.15, 0.2) is 12.2 Å². The van der Waals surface area contributed by atoms with Gasteiger partial charge >= 0.3 is 45.5 Å². The molecule has 0 heterocycles. The Morgan fingerprint density at radius 2 is 1.00 bits per heavy atom. The zero-order chi connectivity index (χ0) is 7.15. The van der Waals surface area contributed by atoms with Gasteiger partial charge in [0, 0.05) is 0 Å². The van der Waals surface area contributed by atoms with Crippen LogP contribution in [0.1, 0.15) is 0 Å². The molecule has 0 aliphatic carbocycles. The van der Waals surface area contributed by atoms with E-state index in [1.165, 1.54) is 0 Å². The van der Waals surface area contributed by atoms with Crippen molar-refractivity contribution in [1.29, 1.82) is 0 Å². The maximum absolute atomic E-state index is 10.3. The van der Waals surface area contributed by atoms with Gasteiger partial charge in [-0.3, -0.25) is 0 Å². The molecule has 0 unspecified atom stereocenters. The molecule has 0 aliphatic heterocycles. The average molecular weight is 304 g/mol. The van der Waals surface area contributed by atoms with E-state index in [9.17, 15) is 17.6 Å². The first-order valence-electron chi connectivity index (χ1n) is 1.22. The number of hydrogen-bond acceptors (Lipinski definition) is 0. The van der Waals surface area contributed by atoms with Crippen molar-refractivity contribution in [1.82, 2.24) is 0 Å². The zero-order valence-corrected chi connectivity index (χ0v) is 8.35. The summed E-state index contributed by atoms with van der Waals surface area (Å²) in [6.45, 7) is 0. The van der Waals surface area contributed by atoms with E-state index in [0.717, 1.165) is 20.8 Å². The van der Waals surface area contributed by atoms with E-state index in [1.807, 2.05) is 0 Å². The minimum atomic E-state index is -2.91. The van der Waals surface area contributed by atoms with E-state index < -0.39 is 12.2 Å². The van der Waals surface area contributed by atoms with Crippen LogP contribution in [-0.4, -0.2) is 20.8 Å². The molecule has 50 valence electrons. The second-order valence-corrected chi connectivity index (χ2v) is 0.521. The van der Waals surface area contributed by atoms with Crippen molar-refractivity contribution in [2.24, 2.45) is 0 Å². The summed E-state index contributed by atoms with van der Waals surface area (Å²) in [5, 5.41) is 0. The molecule has 0 aromatic rings. The first-order chi connectivity index (χ1) is 3.64. The molecule has 0 nitrogen and oxygen atoms in total. The molecule has 0 N–H and O–H groups in total. The molecule has 0 spiro atoms. The standard InChI is InChI=1S/C2F4.BrH.Sb.2H/c3-1(4)2(5)6;;;;/h;1H;;;/q;;+1;;/p-1. The van der Waals surface area contributed by atoms with Gasteiger partial charge in [-0.15, -0.1) is 0 Å². The fourth-order valence-electron chi connectivity index (χ4n) is 0. The van der Waals surface area contributed by atoms with Crippen molar-refractivity contribution >= 4 is 33.4 Å². The van der Waals surface area contributed by atoms with Crippen molar-refractivity contribution in [3.63, 3.8) is 0 Å². The topological polar surface area (TPSA) is 0 Å². The molecule has 0 aliphatic rings. The van der Waals surface area contributed by atoms with Crippen molar-refractivity contribution in [2.75, 3.05) is 0 Å². The monoisotopic (exact) mass is 302 g/mol. The normalized spacial score (nSPS) is 6.75. The second kappa shape index (κ2) is 7.76. The van der Waals surface area contributed by atoms with Gasteiger partial charge in [-0.05, 0) is 0 Å². The van der Waals surface area contributed by atoms with Gasteiger partial charge in [0.2, 0.25) is 0 Å². The first-order valence-corrected chi connectivity index (χ1v) is 8.61. The van der Waals surface area contributed by atoms with Crippen molar-refractivity contribution in [2.45, 2.75) is 0 Å². The fourth-order valence-corrected chi connectivity index (χ4v) is 0. The van der Waals surface area contributed by atoms with Crippen LogP contribution < -0.4 is 0 Å². The van der Waals surface area contributed by atoms with Crippen LogP contribution in [0.4, 0.5) is 17.6 Å². The molecular formula is C2H2BrF4Sb. The predicted molar refractivity (Wildman–Crippen MR) is 28.9 cm³/mol. The van der Waals surface area contributed by atoms with E-state index in [4.69, 9.17) is 0 Å². The van der Waals surface area contributed by atoms with Crippen LogP contribution in [0.2, 0.25) is 0 Å². The Balaban J connectivity index is 0. The quantitative estimate of drug-likeness (QED) is 0.474. The molecule has 0 rings (SSSR count). The van der Waals surface area contributed by atoms with Crippen LogP contribution >= 0.6 is 12.6 Å². The van der Waals surface area contributed by atoms with Gasteiger partial charge in [0.1, 0.15) is 0 Å². The summed E-state index contributed by atoms with van der Waals surface area (Å²) in [5.74, 6) is 0. The summed E-state index contributed by atoms with van der Waals surface area (Å²) in [7, 11) is 0. The Morgan fingerprint density at radius 3 is 1.00 bits per heavy atom. The fraction of sp³-hybridized carbons (Fsp3) is 0. The van der Waals surface area contributed by atoms with Gasteiger partial charge in [-0.25, -0.2) is 0 Å². The molecule has 0 atom stereocenters. The Labute approximate surface area is 63.1 Å². The van der Waals surface area contributed by atoms with Crippen LogP contribution in [0.5, 0.6) is 0 Å². The summed E-state index contributed by atoms with van der Waals surface area (Å²) in [5.41, 5.74) is 0. The van der Waals surface area contributed by atoms with Crippen LogP contribution in [0, 0.1) is 0 Å².